The number of phenolic OH excluding ortho intramolecular Hbond substituents is 1. The van der Waals surface area contributed by atoms with Gasteiger partial charge in [-0.2, -0.15) is 0 Å². The summed E-state index contributed by atoms with van der Waals surface area (Å²) in [6.07, 6.45) is 3.47. The van der Waals surface area contributed by atoms with E-state index in [1.165, 1.54) is 12.8 Å². The van der Waals surface area contributed by atoms with Crippen LogP contribution in [0.4, 0.5) is 0 Å². The summed E-state index contributed by atoms with van der Waals surface area (Å²) >= 11 is 0. The first-order valence-corrected chi connectivity index (χ1v) is 5.33. The molecule has 0 radical (unpaired) electrons. The third-order valence-corrected chi connectivity index (χ3v) is 2.92. The Kier molecular flexibility index (Phi) is 4.44. The third-order valence-electron chi connectivity index (χ3n) is 2.92. The van der Waals surface area contributed by atoms with Crippen molar-refractivity contribution in [3.63, 3.8) is 0 Å². The van der Waals surface area contributed by atoms with Crippen molar-refractivity contribution in [2.45, 2.75) is 25.3 Å². The van der Waals surface area contributed by atoms with E-state index >= 15 is 0 Å². The maximum Gasteiger partial charge on any atom is 0.127 e. The molecule has 1 saturated carbocycles. The second kappa shape index (κ2) is 5.41. The largest absolute Gasteiger partial charge is 0.507 e. The number of hydrogen-bond donors (Lipinski definition) is 2. The molecule has 0 heterocycles. The van der Waals surface area contributed by atoms with Gasteiger partial charge in [0, 0.05) is 6.04 Å². The van der Waals surface area contributed by atoms with Gasteiger partial charge in [-0.15, -0.1) is 12.4 Å². The summed E-state index contributed by atoms with van der Waals surface area (Å²) in [5, 5.41) is 9.77. The maximum atomic E-state index is 9.77. The highest BCUT2D eigenvalue weighted by Gasteiger charge is 2.27. The summed E-state index contributed by atoms with van der Waals surface area (Å²) in [7, 11) is 1.60. The van der Waals surface area contributed by atoms with Gasteiger partial charge in [-0.3, -0.25) is 0 Å². The van der Waals surface area contributed by atoms with E-state index in [0.717, 1.165) is 17.9 Å². The molecule has 1 aliphatic carbocycles. The Bertz CT molecular complexity index is 353. The van der Waals surface area contributed by atoms with Crippen molar-refractivity contribution >= 4 is 12.4 Å². The van der Waals surface area contributed by atoms with Crippen molar-refractivity contribution in [1.82, 2.24) is 0 Å². The second-order valence-electron chi connectivity index (χ2n) is 4.18. The van der Waals surface area contributed by atoms with Crippen molar-refractivity contribution in [2.24, 2.45) is 11.7 Å². The van der Waals surface area contributed by atoms with E-state index in [4.69, 9.17) is 10.5 Å². The highest BCUT2D eigenvalue weighted by Crippen LogP contribution is 2.41. The summed E-state index contributed by atoms with van der Waals surface area (Å²) < 4.78 is 5.21. The number of benzene rings is 1. The standard InChI is InChI=1S/C12H17NO2.ClH/c1-15-11-4-2-3-10(14)12(11)9(13)7-8-5-6-8;/h2-4,8-9,14H,5-7,13H2,1H3;1H/t9-;/m0./s1. The average molecular weight is 244 g/mol. The highest BCUT2D eigenvalue weighted by molar-refractivity contribution is 5.85. The molecule has 3 nitrogen and oxygen atoms in total. The molecule has 90 valence electrons. The third kappa shape index (κ3) is 2.80. The van der Waals surface area contributed by atoms with Crippen molar-refractivity contribution in [2.75, 3.05) is 7.11 Å². The molecule has 1 fully saturated rings. The molecule has 1 aromatic carbocycles. The van der Waals surface area contributed by atoms with E-state index in [2.05, 4.69) is 0 Å². The Morgan fingerprint density at radius 2 is 2.19 bits per heavy atom. The molecule has 1 atom stereocenters. The summed E-state index contributed by atoms with van der Waals surface area (Å²) in [5.41, 5.74) is 6.82. The molecule has 0 saturated heterocycles. The molecule has 2 rings (SSSR count). The zero-order chi connectivity index (χ0) is 10.8. The van der Waals surface area contributed by atoms with E-state index in [9.17, 15) is 5.11 Å². The molecule has 0 spiro atoms. The van der Waals surface area contributed by atoms with Crippen LogP contribution in [-0.4, -0.2) is 12.2 Å². The highest BCUT2D eigenvalue weighted by atomic mass is 35.5. The topological polar surface area (TPSA) is 55.5 Å². The van der Waals surface area contributed by atoms with Crippen molar-refractivity contribution in [1.29, 1.82) is 0 Å². The van der Waals surface area contributed by atoms with Gasteiger partial charge < -0.3 is 15.6 Å². The van der Waals surface area contributed by atoms with Crippen LogP contribution in [0, 0.1) is 5.92 Å². The monoisotopic (exact) mass is 243 g/mol. The van der Waals surface area contributed by atoms with Crippen LogP contribution in [0.25, 0.3) is 0 Å². The number of rotatable bonds is 4. The van der Waals surface area contributed by atoms with Crippen molar-refractivity contribution < 1.29 is 9.84 Å². The molecule has 1 aromatic rings. The van der Waals surface area contributed by atoms with Gasteiger partial charge >= 0.3 is 0 Å². The van der Waals surface area contributed by atoms with Gasteiger partial charge in [0.15, 0.2) is 0 Å². The molecule has 0 amide bonds. The minimum Gasteiger partial charge on any atom is -0.507 e. The van der Waals surface area contributed by atoms with Gasteiger partial charge in [0.1, 0.15) is 11.5 Å². The zero-order valence-corrected chi connectivity index (χ0v) is 10.2. The molecule has 0 unspecified atom stereocenters. The van der Waals surface area contributed by atoms with Crippen LogP contribution in [0.2, 0.25) is 0 Å². The smallest absolute Gasteiger partial charge is 0.127 e. The van der Waals surface area contributed by atoms with Crippen LogP contribution >= 0.6 is 12.4 Å². The summed E-state index contributed by atoms with van der Waals surface area (Å²) in [6.45, 7) is 0. The summed E-state index contributed by atoms with van der Waals surface area (Å²) in [4.78, 5) is 0. The fraction of sp³-hybridized carbons (Fsp3) is 0.500. The quantitative estimate of drug-likeness (QED) is 0.855. The molecule has 0 aromatic heterocycles. The first kappa shape index (κ1) is 13.1. The van der Waals surface area contributed by atoms with Crippen LogP contribution in [0.3, 0.4) is 0 Å². The first-order chi connectivity index (χ1) is 7.22. The van der Waals surface area contributed by atoms with E-state index in [1.807, 2.05) is 6.07 Å². The lowest BCUT2D eigenvalue weighted by atomic mass is 10.00. The minimum absolute atomic E-state index is 0. The maximum absolute atomic E-state index is 9.77. The molecule has 0 bridgehead atoms. The van der Waals surface area contributed by atoms with Crippen LogP contribution < -0.4 is 10.5 Å². The van der Waals surface area contributed by atoms with E-state index in [0.29, 0.717) is 5.75 Å². The lowest BCUT2D eigenvalue weighted by Crippen LogP contribution is -2.12. The predicted octanol–water partition coefficient (Wildman–Crippen LogP) is 2.62. The van der Waals surface area contributed by atoms with E-state index in [-0.39, 0.29) is 24.2 Å². The average Bonchev–Trinajstić information content (AvgIpc) is 3.00. The molecule has 3 N–H and O–H groups in total. The molecule has 16 heavy (non-hydrogen) atoms. The number of hydrogen-bond acceptors (Lipinski definition) is 3. The minimum atomic E-state index is -0.117. The van der Waals surface area contributed by atoms with Crippen LogP contribution in [-0.2, 0) is 0 Å². The van der Waals surface area contributed by atoms with Gasteiger partial charge in [0.25, 0.3) is 0 Å². The summed E-state index contributed by atoms with van der Waals surface area (Å²) in [5.74, 6) is 1.66. The van der Waals surface area contributed by atoms with Gasteiger partial charge in [0.05, 0.1) is 12.7 Å². The molecule has 0 aliphatic heterocycles. The first-order valence-electron chi connectivity index (χ1n) is 5.33. The Balaban J connectivity index is 0.00000128. The number of ether oxygens (including phenoxy) is 1. The van der Waals surface area contributed by atoms with Crippen LogP contribution in [0.1, 0.15) is 30.9 Å². The van der Waals surface area contributed by atoms with Gasteiger partial charge in [-0.25, -0.2) is 0 Å². The van der Waals surface area contributed by atoms with Gasteiger partial charge in [-0.05, 0) is 24.5 Å². The number of methoxy groups -OCH3 is 1. The molecular formula is C12H18ClNO2. The number of phenols is 1. The second-order valence-corrected chi connectivity index (χ2v) is 4.18. The molecular weight excluding hydrogens is 226 g/mol. The van der Waals surface area contributed by atoms with Crippen LogP contribution in [0.5, 0.6) is 11.5 Å². The molecule has 4 heteroatoms. The normalized spacial score (nSPS) is 16.4. The fourth-order valence-corrected chi connectivity index (χ4v) is 1.91. The van der Waals surface area contributed by atoms with E-state index in [1.54, 1.807) is 19.2 Å². The Labute approximate surface area is 102 Å². The Morgan fingerprint density at radius 1 is 1.50 bits per heavy atom. The fourth-order valence-electron chi connectivity index (χ4n) is 1.91. The van der Waals surface area contributed by atoms with Gasteiger partial charge in [0.2, 0.25) is 0 Å². The van der Waals surface area contributed by atoms with Crippen LogP contribution in [0.15, 0.2) is 18.2 Å². The number of halogens is 1. The van der Waals surface area contributed by atoms with E-state index < -0.39 is 0 Å². The predicted molar refractivity (Wildman–Crippen MR) is 66.2 cm³/mol. The lowest BCUT2D eigenvalue weighted by molar-refractivity contribution is 0.389. The Morgan fingerprint density at radius 3 is 2.75 bits per heavy atom. The number of aromatic hydroxyl groups is 1. The van der Waals surface area contributed by atoms with Crippen molar-refractivity contribution in [3.05, 3.63) is 23.8 Å². The molecule has 1 aliphatic rings. The number of nitrogens with two attached hydrogens (primary N) is 1. The summed E-state index contributed by atoms with van der Waals surface area (Å²) in [6, 6.07) is 5.14. The zero-order valence-electron chi connectivity index (χ0n) is 9.35. The van der Waals surface area contributed by atoms with Gasteiger partial charge in [-0.1, -0.05) is 18.9 Å². The SMILES string of the molecule is COc1cccc(O)c1[C@@H](N)CC1CC1.Cl. The lowest BCUT2D eigenvalue weighted by Gasteiger charge is -2.16. The Hall–Kier alpha value is -0.930. The van der Waals surface area contributed by atoms with Crippen molar-refractivity contribution in [3.8, 4) is 11.5 Å².